The standard InChI is InChI=1S/C69H129N3O3/c1-7-13-19-25-31-34-40-46-52-58(49-43-37-28-22-16-10-4)55-61-64(67(70)73)62(56-59(50-44-38-29-23-17-11-5)53-47-41-35-32-26-20-14-8-2)66(69(72)75)63(65(61)68(71)74)57-60(51-45-39-30-24-18-12-6)54-48-42-36-33-27-21-15-9-3/h58-60H,7-57H2,1-6H3,(H2,70,73)(H2,71,74)(H2,72,75). The number of benzene rings is 1. The summed E-state index contributed by atoms with van der Waals surface area (Å²) in [5.41, 5.74) is 23.5. The summed E-state index contributed by atoms with van der Waals surface area (Å²) in [6.45, 7) is 13.7. The summed E-state index contributed by atoms with van der Waals surface area (Å²) in [6.07, 6.45) is 60.6. The molecular formula is C69H129N3O3. The summed E-state index contributed by atoms with van der Waals surface area (Å²) in [4.78, 5) is 43.4. The lowest BCUT2D eigenvalue weighted by Gasteiger charge is -2.29. The van der Waals surface area contributed by atoms with E-state index in [1.54, 1.807) is 0 Å². The van der Waals surface area contributed by atoms with E-state index in [0.29, 0.717) is 53.7 Å². The van der Waals surface area contributed by atoms with Crippen LogP contribution in [0.15, 0.2) is 0 Å². The molecule has 0 aromatic heterocycles. The van der Waals surface area contributed by atoms with Crippen LogP contribution in [0.5, 0.6) is 0 Å². The molecule has 75 heavy (non-hydrogen) atoms. The van der Waals surface area contributed by atoms with Crippen LogP contribution in [0.3, 0.4) is 0 Å². The van der Waals surface area contributed by atoms with Crippen molar-refractivity contribution in [3.63, 3.8) is 0 Å². The van der Waals surface area contributed by atoms with Crippen LogP contribution in [-0.4, -0.2) is 17.7 Å². The van der Waals surface area contributed by atoms with Gasteiger partial charge in [0, 0.05) is 16.7 Å². The van der Waals surface area contributed by atoms with Crippen LogP contribution in [0.25, 0.3) is 0 Å². The van der Waals surface area contributed by atoms with Gasteiger partial charge in [0.1, 0.15) is 0 Å². The van der Waals surface area contributed by atoms with Crippen molar-refractivity contribution in [2.75, 3.05) is 0 Å². The second-order valence-electron chi connectivity index (χ2n) is 24.3. The molecule has 3 amide bonds. The Morgan fingerprint density at radius 1 is 0.240 bits per heavy atom. The molecule has 0 aliphatic rings. The van der Waals surface area contributed by atoms with E-state index >= 15 is 0 Å². The van der Waals surface area contributed by atoms with E-state index in [2.05, 4.69) is 41.5 Å². The largest absolute Gasteiger partial charge is 0.366 e. The van der Waals surface area contributed by atoms with Crippen molar-refractivity contribution in [2.45, 2.75) is 369 Å². The van der Waals surface area contributed by atoms with E-state index in [1.807, 2.05) is 0 Å². The third-order valence-electron chi connectivity index (χ3n) is 17.3. The maximum atomic E-state index is 14.5. The van der Waals surface area contributed by atoms with Crippen LogP contribution in [-0.2, 0) is 19.3 Å². The molecule has 0 fully saturated rings. The van der Waals surface area contributed by atoms with Crippen LogP contribution in [0.2, 0.25) is 0 Å². The summed E-state index contributed by atoms with van der Waals surface area (Å²) in [5, 5.41) is 0. The van der Waals surface area contributed by atoms with Gasteiger partial charge in [-0.2, -0.15) is 0 Å². The second-order valence-corrected chi connectivity index (χ2v) is 24.3. The van der Waals surface area contributed by atoms with Gasteiger partial charge in [-0.15, -0.1) is 0 Å². The second kappa shape index (κ2) is 49.9. The fourth-order valence-corrected chi connectivity index (χ4v) is 12.7. The van der Waals surface area contributed by atoms with Crippen LogP contribution in [0, 0.1) is 17.8 Å². The number of carbonyl (C=O) groups is 3. The lowest BCUT2D eigenvalue weighted by atomic mass is 9.74. The molecule has 0 saturated heterocycles. The quantitative estimate of drug-likeness (QED) is 0.0562. The number of hydrogen-bond acceptors (Lipinski definition) is 3. The van der Waals surface area contributed by atoms with Gasteiger partial charge in [-0.05, 0) is 53.7 Å². The predicted octanol–water partition coefficient (Wildman–Crippen LogP) is 21.3. The van der Waals surface area contributed by atoms with Crippen molar-refractivity contribution in [1.82, 2.24) is 0 Å². The van der Waals surface area contributed by atoms with Crippen molar-refractivity contribution < 1.29 is 14.4 Å². The van der Waals surface area contributed by atoms with Gasteiger partial charge in [0.15, 0.2) is 0 Å². The summed E-state index contributed by atoms with van der Waals surface area (Å²) < 4.78 is 0. The highest BCUT2D eigenvalue weighted by molar-refractivity contribution is 6.09. The Bertz CT molecular complexity index is 1320. The van der Waals surface area contributed by atoms with Gasteiger partial charge in [-0.25, -0.2) is 0 Å². The molecule has 0 radical (unpaired) electrons. The zero-order valence-electron chi connectivity index (χ0n) is 51.3. The predicted molar refractivity (Wildman–Crippen MR) is 329 cm³/mol. The number of primary amides is 3. The summed E-state index contributed by atoms with van der Waals surface area (Å²) >= 11 is 0. The molecule has 3 unspecified atom stereocenters. The van der Waals surface area contributed by atoms with Crippen molar-refractivity contribution in [1.29, 1.82) is 0 Å². The van der Waals surface area contributed by atoms with E-state index in [-0.39, 0.29) is 0 Å². The highest BCUT2D eigenvalue weighted by Gasteiger charge is 2.34. The van der Waals surface area contributed by atoms with Gasteiger partial charge >= 0.3 is 0 Å². The molecule has 3 atom stereocenters. The van der Waals surface area contributed by atoms with Gasteiger partial charge in [-0.1, -0.05) is 350 Å². The molecule has 6 heteroatoms. The monoisotopic (exact) mass is 1050 g/mol. The van der Waals surface area contributed by atoms with E-state index in [4.69, 9.17) is 17.2 Å². The average molecular weight is 1050 g/mol. The Kier molecular flexibility index (Phi) is 47.0. The van der Waals surface area contributed by atoms with E-state index in [1.165, 1.54) is 231 Å². The lowest BCUT2D eigenvalue weighted by molar-refractivity contribution is 0.0997. The summed E-state index contributed by atoms with van der Waals surface area (Å²) in [6, 6.07) is 0. The molecule has 1 aromatic rings. The zero-order valence-corrected chi connectivity index (χ0v) is 51.3. The van der Waals surface area contributed by atoms with E-state index in [9.17, 15) is 14.4 Å². The van der Waals surface area contributed by atoms with Crippen molar-refractivity contribution in [2.24, 2.45) is 35.0 Å². The molecule has 1 aromatic carbocycles. The molecule has 0 spiro atoms. The first kappa shape index (κ1) is 70.6. The molecule has 6 nitrogen and oxygen atoms in total. The molecule has 0 bridgehead atoms. The molecular weight excluding hydrogens is 919 g/mol. The Hall–Kier alpha value is -2.37. The fraction of sp³-hybridized carbons (Fsp3) is 0.870. The van der Waals surface area contributed by atoms with Gasteiger partial charge in [0.25, 0.3) is 0 Å². The Labute approximate surface area is 467 Å². The van der Waals surface area contributed by atoms with Gasteiger partial charge in [0.05, 0.1) is 0 Å². The number of amides is 3. The number of nitrogens with two attached hydrogens (primary N) is 3. The Morgan fingerprint density at radius 3 is 0.507 bits per heavy atom. The molecule has 0 aliphatic heterocycles. The Morgan fingerprint density at radius 2 is 0.373 bits per heavy atom. The van der Waals surface area contributed by atoms with Gasteiger partial charge < -0.3 is 17.2 Å². The zero-order chi connectivity index (χ0) is 55.0. The first-order valence-corrected chi connectivity index (χ1v) is 33.7. The fourth-order valence-electron chi connectivity index (χ4n) is 12.7. The van der Waals surface area contributed by atoms with Crippen LogP contribution < -0.4 is 17.2 Å². The summed E-state index contributed by atoms with van der Waals surface area (Å²) in [7, 11) is 0. The normalized spacial score (nSPS) is 12.9. The number of rotatable bonds is 57. The van der Waals surface area contributed by atoms with Crippen molar-refractivity contribution in [3.8, 4) is 0 Å². The SMILES string of the molecule is CCCCCCCCCCC(CCCCCCCC)Cc1c(C(N)=O)c(CC(CCCCCCCC)CCCCCCCCCC)c(C(N)=O)c(CC(CCCCCCCC)CCCCCCCCCC)c1C(N)=O. The number of hydrogen-bond donors (Lipinski definition) is 3. The maximum Gasteiger partial charge on any atom is 0.249 e. The van der Waals surface area contributed by atoms with Crippen molar-refractivity contribution >= 4 is 17.7 Å². The molecule has 0 aliphatic carbocycles. The average Bonchev–Trinajstić information content (AvgIpc) is 3.38. The minimum atomic E-state index is -0.532. The molecule has 0 saturated carbocycles. The molecule has 438 valence electrons. The minimum Gasteiger partial charge on any atom is -0.366 e. The summed E-state index contributed by atoms with van der Waals surface area (Å²) in [5.74, 6) is -0.722. The molecule has 0 heterocycles. The number of carbonyl (C=O) groups excluding carboxylic acids is 3. The smallest absolute Gasteiger partial charge is 0.249 e. The van der Waals surface area contributed by atoms with E-state index in [0.717, 1.165) is 93.7 Å². The molecule has 1 rings (SSSR count). The van der Waals surface area contributed by atoms with Crippen LogP contribution in [0.1, 0.15) is 398 Å². The topological polar surface area (TPSA) is 129 Å². The van der Waals surface area contributed by atoms with E-state index < -0.39 is 17.7 Å². The van der Waals surface area contributed by atoms with Crippen molar-refractivity contribution in [3.05, 3.63) is 33.4 Å². The third kappa shape index (κ3) is 35.0. The number of unbranched alkanes of at least 4 members (excludes halogenated alkanes) is 36. The Balaban J connectivity index is 4.08. The maximum absolute atomic E-state index is 14.5. The lowest BCUT2D eigenvalue weighted by Crippen LogP contribution is -2.31. The first-order valence-electron chi connectivity index (χ1n) is 33.7. The molecule has 6 N–H and O–H groups in total. The minimum absolute atomic E-state index is 0.292. The highest BCUT2D eigenvalue weighted by Crippen LogP contribution is 2.38. The van der Waals surface area contributed by atoms with Crippen LogP contribution in [0.4, 0.5) is 0 Å². The third-order valence-corrected chi connectivity index (χ3v) is 17.3. The van der Waals surface area contributed by atoms with Gasteiger partial charge in [-0.3, -0.25) is 14.4 Å². The van der Waals surface area contributed by atoms with Gasteiger partial charge in [0.2, 0.25) is 17.7 Å². The first-order chi connectivity index (χ1) is 36.6. The van der Waals surface area contributed by atoms with Crippen LogP contribution >= 0.6 is 0 Å². The highest BCUT2D eigenvalue weighted by atomic mass is 16.2.